The number of halogens is 1. The van der Waals surface area contributed by atoms with Gasteiger partial charge in [0.05, 0.1) is 5.02 Å². The molecule has 0 aromatic heterocycles. The van der Waals surface area contributed by atoms with Crippen LogP contribution >= 0.6 is 11.6 Å². The largest absolute Gasteiger partial charge is 0.422 e. The standard InChI is InChI=1S/C23H21ClO4/c1-5-17(25)27-21-15-7-6-8-16(24)18(15)22(28-23(26)11(2)3)20-14-10-9-13(12(14)4)19(20)21/h5-8,12-14H,1-2,9-10H2,3-4H3. The predicted molar refractivity (Wildman–Crippen MR) is 109 cm³/mol. The maximum atomic E-state index is 12.4. The van der Waals surface area contributed by atoms with Gasteiger partial charge < -0.3 is 9.47 Å². The van der Waals surface area contributed by atoms with E-state index in [1.54, 1.807) is 19.1 Å². The Kier molecular flexibility index (Phi) is 4.54. The molecule has 0 radical (unpaired) electrons. The first-order chi connectivity index (χ1) is 13.3. The molecule has 2 aromatic carbocycles. The molecular weight excluding hydrogens is 376 g/mol. The monoisotopic (exact) mass is 396 g/mol. The average molecular weight is 397 g/mol. The first-order valence-corrected chi connectivity index (χ1v) is 9.72. The lowest BCUT2D eigenvalue weighted by Gasteiger charge is -2.24. The quantitative estimate of drug-likeness (QED) is 0.379. The summed E-state index contributed by atoms with van der Waals surface area (Å²) in [6.45, 7) is 11.0. The number of benzene rings is 2. The zero-order chi connectivity index (χ0) is 20.2. The third-order valence-electron chi connectivity index (χ3n) is 5.98. The van der Waals surface area contributed by atoms with E-state index in [9.17, 15) is 9.59 Å². The van der Waals surface area contributed by atoms with Crippen LogP contribution in [0.15, 0.2) is 43.0 Å². The Bertz CT molecular complexity index is 1050. The van der Waals surface area contributed by atoms with Gasteiger partial charge in [0.25, 0.3) is 0 Å². The van der Waals surface area contributed by atoms with Crippen molar-refractivity contribution in [2.45, 2.75) is 38.5 Å². The van der Waals surface area contributed by atoms with Gasteiger partial charge in [0.1, 0.15) is 11.5 Å². The molecule has 5 heteroatoms. The molecule has 2 bridgehead atoms. The molecule has 4 rings (SSSR count). The number of esters is 2. The minimum absolute atomic E-state index is 0.231. The summed E-state index contributed by atoms with van der Waals surface area (Å²) in [6, 6.07) is 5.37. The Balaban J connectivity index is 2.08. The normalized spacial score (nSPS) is 22.0. The van der Waals surface area contributed by atoms with E-state index in [1.165, 1.54) is 0 Å². The second-order valence-electron chi connectivity index (χ2n) is 7.59. The summed E-state index contributed by atoms with van der Waals surface area (Å²) in [6.07, 6.45) is 3.16. The van der Waals surface area contributed by atoms with Crippen molar-refractivity contribution in [3.05, 3.63) is 59.2 Å². The highest BCUT2D eigenvalue weighted by Crippen LogP contribution is 2.64. The summed E-state index contributed by atoms with van der Waals surface area (Å²) in [4.78, 5) is 24.5. The van der Waals surface area contributed by atoms with Gasteiger partial charge in [-0.25, -0.2) is 9.59 Å². The number of hydrogen-bond donors (Lipinski definition) is 0. The lowest BCUT2D eigenvalue weighted by Crippen LogP contribution is -2.14. The van der Waals surface area contributed by atoms with Crippen molar-refractivity contribution in [3.8, 4) is 11.5 Å². The van der Waals surface area contributed by atoms with Crippen molar-refractivity contribution in [3.63, 3.8) is 0 Å². The van der Waals surface area contributed by atoms with Gasteiger partial charge in [-0.3, -0.25) is 0 Å². The number of fused-ring (bicyclic) bond motifs is 6. The molecule has 0 N–H and O–H groups in total. The minimum atomic E-state index is -0.523. The highest BCUT2D eigenvalue weighted by molar-refractivity contribution is 6.36. The number of hydrogen-bond acceptors (Lipinski definition) is 4. The highest BCUT2D eigenvalue weighted by Gasteiger charge is 2.48. The Morgan fingerprint density at radius 1 is 1.14 bits per heavy atom. The fourth-order valence-electron chi connectivity index (χ4n) is 4.72. The van der Waals surface area contributed by atoms with E-state index < -0.39 is 11.9 Å². The van der Waals surface area contributed by atoms with Gasteiger partial charge in [0, 0.05) is 33.5 Å². The molecule has 1 saturated carbocycles. The van der Waals surface area contributed by atoms with Crippen molar-refractivity contribution >= 4 is 34.3 Å². The van der Waals surface area contributed by atoms with Crippen LogP contribution in [0.4, 0.5) is 0 Å². The van der Waals surface area contributed by atoms with E-state index in [1.807, 2.05) is 6.07 Å². The third-order valence-corrected chi connectivity index (χ3v) is 6.29. The Labute approximate surface area is 168 Å². The average Bonchev–Trinajstić information content (AvgIpc) is 3.16. The molecule has 0 aliphatic heterocycles. The summed E-state index contributed by atoms with van der Waals surface area (Å²) >= 11 is 6.53. The topological polar surface area (TPSA) is 52.6 Å². The second kappa shape index (κ2) is 6.78. The summed E-state index contributed by atoms with van der Waals surface area (Å²) < 4.78 is 11.5. The Hall–Kier alpha value is -2.59. The smallest absolute Gasteiger partial charge is 0.338 e. The number of carbonyl (C=O) groups excluding carboxylic acids is 2. The van der Waals surface area contributed by atoms with Crippen LogP contribution in [0, 0.1) is 5.92 Å². The van der Waals surface area contributed by atoms with Gasteiger partial charge in [-0.2, -0.15) is 0 Å². The number of carbonyl (C=O) groups is 2. The van der Waals surface area contributed by atoms with Crippen LogP contribution in [0.3, 0.4) is 0 Å². The van der Waals surface area contributed by atoms with Crippen molar-refractivity contribution in [2.75, 3.05) is 0 Å². The fraction of sp³-hybridized carbons (Fsp3) is 0.304. The van der Waals surface area contributed by atoms with Crippen LogP contribution in [-0.4, -0.2) is 11.9 Å². The molecule has 0 saturated heterocycles. The molecule has 4 nitrogen and oxygen atoms in total. The minimum Gasteiger partial charge on any atom is -0.422 e. The van der Waals surface area contributed by atoms with Crippen LogP contribution in [0.1, 0.15) is 49.7 Å². The van der Waals surface area contributed by atoms with Crippen LogP contribution < -0.4 is 9.47 Å². The summed E-state index contributed by atoms with van der Waals surface area (Å²) in [5.74, 6) is 0.815. The third kappa shape index (κ3) is 2.67. The van der Waals surface area contributed by atoms with Gasteiger partial charge >= 0.3 is 11.9 Å². The van der Waals surface area contributed by atoms with Crippen molar-refractivity contribution in [2.24, 2.45) is 5.92 Å². The molecule has 0 amide bonds. The first kappa shape index (κ1) is 18.8. The van der Waals surface area contributed by atoms with Crippen molar-refractivity contribution in [1.82, 2.24) is 0 Å². The maximum Gasteiger partial charge on any atom is 0.338 e. The zero-order valence-corrected chi connectivity index (χ0v) is 16.6. The van der Waals surface area contributed by atoms with E-state index in [-0.39, 0.29) is 11.8 Å². The summed E-state index contributed by atoms with van der Waals surface area (Å²) in [5.41, 5.74) is 2.20. The molecule has 28 heavy (non-hydrogen) atoms. The summed E-state index contributed by atoms with van der Waals surface area (Å²) in [5, 5.41) is 1.69. The van der Waals surface area contributed by atoms with Crippen molar-refractivity contribution < 1.29 is 19.1 Å². The molecule has 3 unspecified atom stereocenters. The molecule has 2 aromatic rings. The molecule has 0 heterocycles. The number of ether oxygens (including phenoxy) is 2. The molecule has 144 valence electrons. The lowest BCUT2D eigenvalue weighted by atomic mass is 9.87. The van der Waals surface area contributed by atoms with Gasteiger partial charge in [-0.1, -0.05) is 43.8 Å². The van der Waals surface area contributed by atoms with Crippen molar-refractivity contribution in [1.29, 1.82) is 0 Å². The highest BCUT2D eigenvalue weighted by atomic mass is 35.5. The van der Waals surface area contributed by atoms with Gasteiger partial charge in [0.2, 0.25) is 0 Å². The molecule has 0 spiro atoms. The Morgan fingerprint density at radius 2 is 1.79 bits per heavy atom. The Morgan fingerprint density at radius 3 is 2.39 bits per heavy atom. The fourth-order valence-corrected chi connectivity index (χ4v) is 4.98. The van der Waals surface area contributed by atoms with E-state index in [4.69, 9.17) is 21.1 Å². The maximum absolute atomic E-state index is 12.4. The first-order valence-electron chi connectivity index (χ1n) is 9.35. The lowest BCUT2D eigenvalue weighted by molar-refractivity contribution is -0.130. The second-order valence-corrected chi connectivity index (χ2v) is 8.00. The van der Waals surface area contributed by atoms with E-state index in [2.05, 4.69) is 20.1 Å². The van der Waals surface area contributed by atoms with Gasteiger partial charge in [-0.05, 0) is 43.6 Å². The molecule has 2 aliphatic rings. The van der Waals surface area contributed by atoms with Crippen LogP contribution in [0.25, 0.3) is 10.8 Å². The van der Waals surface area contributed by atoms with E-state index in [0.717, 1.165) is 30.0 Å². The molecular formula is C23H21ClO4. The van der Waals surface area contributed by atoms with Crippen LogP contribution in [0.5, 0.6) is 11.5 Å². The van der Waals surface area contributed by atoms with Crippen LogP contribution in [0.2, 0.25) is 5.02 Å². The SMILES string of the molecule is C=CC(=O)Oc1c2c(c(OC(=O)C(=C)C)c3c(Cl)cccc13)C1CCC2C1C. The molecule has 3 atom stereocenters. The predicted octanol–water partition coefficient (Wildman–Crippen LogP) is 5.68. The molecule has 2 aliphatic carbocycles. The number of rotatable bonds is 4. The van der Waals surface area contributed by atoms with Crippen LogP contribution in [-0.2, 0) is 9.59 Å². The zero-order valence-electron chi connectivity index (χ0n) is 15.9. The summed E-state index contributed by atoms with van der Waals surface area (Å²) in [7, 11) is 0. The van der Waals surface area contributed by atoms with Gasteiger partial charge in [0.15, 0.2) is 0 Å². The van der Waals surface area contributed by atoms with E-state index in [0.29, 0.717) is 38.8 Å². The van der Waals surface area contributed by atoms with Gasteiger partial charge in [-0.15, -0.1) is 0 Å². The van der Waals surface area contributed by atoms with E-state index >= 15 is 0 Å². The molecule has 1 fully saturated rings.